The number of aliphatic imine (C=N–C) groups is 1. The monoisotopic (exact) mass is 228 g/mol. The largest absolute Gasteiger partial charge is 0.368 e. The third-order valence-corrected chi connectivity index (χ3v) is 3.37. The van der Waals surface area contributed by atoms with Crippen molar-refractivity contribution < 1.29 is 0 Å². The topological polar surface area (TPSA) is 24.4 Å². The normalized spacial score (nSPS) is 14.6. The molecule has 1 aromatic carbocycles. The van der Waals surface area contributed by atoms with Crippen molar-refractivity contribution >= 4 is 17.2 Å². The number of amidine groups is 1. The molecule has 0 radical (unpaired) electrons. The fraction of sp³-hybridized carbons (Fsp3) is 0.154. The second-order valence-corrected chi connectivity index (χ2v) is 4.49. The predicted octanol–water partition coefficient (Wildman–Crippen LogP) is 2.76. The second kappa shape index (κ2) is 4.10. The Hall–Kier alpha value is -1.61. The minimum Gasteiger partial charge on any atom is -0.368 e. The summed E-state index contributed by atoms with van der Waals surface area (Å²) in [5.41, 5.74) is 3.74. The van der Waals surface area contributed by atoms with E-state index in [1.807, 2.05) is 0 Å². The van der Waals surface area contributed by atoms with Crippen LogP contribution in [0.3, 0.4) is 0 Å². The summed E-state index contributed by atoms with van der Waals surface area (Å²) in [5, 5.41) is 7.61. The van der Waals surface area contributed by atoms with Gasteiger partial charge in [-0.05, 0) is 28.0 Å². The van der Waals surface area contributed by atoms with Gasteiger partial charge in [0, 0.05) is 12.1 Å². The molecule has 1 aliphatic heterocycles. The van der Waals surface area contributed by atoms with Crippen molar-refractivity contribution in [1.29, 1.82) is 0 Å². The first-order chi connectivity index (χ1) is 7.95. The zero-order valence-electron chi connectivity index (χ0n) is 8.81. The summed E-state index contributed by atoms with van der Waals surface area (Å²) in [6.07, 6.45) is 0. The zero-order chi connectivity index (χ0) is 10.8. The Kier molecular flexibility index (Phi) is 2.46. The number of rotatable bonds is 2. The molecule has 2 nitrogen and oxygen atoms in total. The van der Waals surface area contributed by atoms with E-state index >= 15 is 0 Å². The summed E-state index contributed by atoms with van der Waals surface area (Å²) >= 11 is 1.73. The molecular weight excluding hydrogens is 216 g/mol. The fourth-order valence-corrected chi connectivity index (χ4v) is 2.59. The van der Waals surface area contributed by atoms with Crippen LogP contribution in [0.15, 0.2) is 46.1 Å². The Morgan fingerprint density at radius 2 is 2.00 bits per heavy atom. The Morgan fingerprint density at radius 3 is 2.69 bits per heavy atom. The van der Waals surface area contributed by atoms with Crippen LogP contribution in [-0.4, -0.2) is 18.9 Å². The van der Waals surface area contributed by atoms with Gasteiger partial charge in [0.05, 0.1) is 6.54 Å². The van der Waals surface area contributed by atoms with E-state index in [0.717, 1.165) is 18.9 Å². The zero-order valence-corrected chi connectivity index (χ0v) is 9.63. The second-order valence-electron chi connectivity index (χ2n) is 3.71. The molecule has 0 saturated carbocycles. The van der Waals surface area contributed by atoms with Gasteiger partial charge in [-0.15, -0.1) is 0 Å². The maximum absolute atomic E-state index is 4.49. The van der Waals surface area contributed by atoms with Crippen LogP contribution in [0.2, 0.25) is 0 Å². The summed E-state index contributed by atoms with van der Waals surface area (Å²) in [4.78, 5) is 4.49. The number of hydrogen-bond donors (Lipinski definition) is 1. The molecule has 0 saturated heterocycles. The van der Waals surface area contributed by atoms with E-state index < -0.39 is 0 Å². The highest BCUT2D eigenvalue weighted by molar-refractivity contribution is 7.08. The average Bonchev–Trinajstić information content (AvgIpc) is 3.03. The number of nitrogens with one attached hydrogen (secondary N) is 1. The maximum Gasteiger partial charge on any atom is 0.129 e. The Morgan fingerprint density at radius 1 is 1.12 bits per heavy atom. The van der Waals surface area contributed by atoms with Crippen molar-refractivity contribution in [3.63, 3.8) is 0 Å². The van der Waals surface area contributed by atoms with Crippen molar-refractivity contribution in [2.45, 2.75) is 0 Å². The fourth-order valence-electron chi connectivity index (χ4n) is 1.94. The van der Waals surface area contributed by atoms with Gasteiger partial charge in [-0.2, -0.15) is 11.3 Å². The SMILES string of the molecule is c1ccc(-c2ccsc2)c(C2=NCCN2)c1. The highest BCUT2D eigenvalue weighted by Gasteiger charge is 2.12. The summed E-state index contributed by atoms with van der Waals surface area (Å²) < 4.78 is 0. The smallest absolute Gasteiger partial charge is 0.129 e. The number of benzene rings is 1. The minimum atomic E-state index is 0.882. The molecule has 0 amide bonds. The molecule has 0 bridgehead atoms. The van der Waals surface area contributed by atoms with Crippen LogP contribution in [0, 0.1) is 0 Å². The first-order valence-corrected chi connectivity index (χ1v) is 6.30. The van der Waals surface area contributed by atoms with E-state index in [1.54, 1.807) is 11.3 Å². The summed E-state index contributed by atoms with van der Waals surface area (Å²) in [6.45, 7) is 1.83. The molecule has 80 valence electrons. The van der Waals surface area contributed by atoms with Crippen molar-refractivity contribution in [1.82, 2.24) is 5.32 Å². The number of thiophene rings is 1. The van der Waals surface area contributed by atoms with Crippen LogP contribution in [0.25, 0.3) is 11.1 Å². The molecule has 2 heterocycles. The molecular formula is C13H12N2S. The number of hydrogen-bond acceptors (Lipinski definition) is 3. The summed E-state index contributed by atoms with van der Waals surface area (Å²) in [5.74, 6) is 1.03. The average molecular weight is 228 g/mol. The molecule has 16 heavy (non-hydrogen) atoms. The molecule has 1 aromatic heterocycles. The first kappa shape index (κ1) is 9.60. The van der Waals surface area contributed by atoms with Crippen LogP contribution in [0.4, 0.5) is 0 Å². The lowest BCUT2D eigenvalue weighted by atomic mass is 10.0. The standard InChI is InChI=1S/C13H12N2S/c1-2-4-12(13-14-6-7-15-13)11(3-1)10-5-8-16-9-10/h1-5,8-9H,6-7H2,(H,14,15). The molecule has 0 fully saturated rings. The first-order valence-electron chi connectivity index (χ1n) is 5.35. The van der Waals surface area contributed by atoms with Crippen molar-refractivity contribution in [3.8, 4) is 11.1 Å². The Labute approximate surface area is 98.7 Å². The third kappa shape index (κ3) is 1.63. The van der Waals surface area contributed by atoms with Crippen molar-refractivity contribution in [2.75, 3.05) is 13.1 Å². The van der Waals surface area contributed by atoms with Crippen LogP contribution in [-0.2, 0) is 0 Å². The lowest BCUT2D eigenvalue weighted by molar-refractivity contribution is 0.960. The van der Waals surface area contributed by atoms with E-state index in [1.165, 1.54) is 16.7 Å². The van der Waals surface area contributed by atoms with Gasteiger partial charge < -0.3 is 5.32 Å². The van der Waals surface area contributed by atoms with Gasteiger partial charge in [0.25, 0.3) is 0 Å². The van der Waals surface area contributed by atoms with Crippen LogP contribution < -0.4 is 5.32 Å². The van der Waals surface area contributed by atoms with Crippen LogP contribution in [0.5, 0.6) is 0 Å². The van der Waals surface area contributed by atoms with Gasteiger partial charge in [0.2, 0.25) is 0 Å². The van der Waals surface area contributed by atoms with E-state index in [4.69, 9.17) is 0 Å². The van der Waals surface area contributed by atoms with Crippen LogP contribution >= 0.6 is 11.3 Å². The quantitative estimate of drug-likeness (QED) is 0.839. The van der Waals surface area contributed by atoms with E-state index in [9.17, 15) is 0 Å². The molecule has 0 unspecified atom stereocenters. The summed E-state index contributed by atoms with van der Waals surface area (Å²) in [6, 6.07) is 10.6. The molecule has 0 spiro atoms. The molecule has 1 N–H and O–H groups in total. The Balaban J connectivity index is 2.11. The lowest BCUT2D eigenvalue weighted by Crippen LogP contribution is -2.20. The predicted molar refractivity (Wildman–Crippen MR) is 69.2 cm³/mol. The van der Waals surface area contributed by atoms with Gasteiger partial charge in [0.1, 0.15) is 5.84 Å². The highest BCUT2D eigenvalue weighted by Crippen LogP contribution is 2.26. The van der Waals surface area contributed by atoms with Gasteiger partial charge in [-0.25, -0.2) is 0 Å². The summed E-state index contributed by atoms with van der Waals surface area (Å²) in [7, 11) is 0. The van der Waals surface area contributed by atoms with E-state index in [0.29, 0.717) is 0 Å². The van der Waals surface area contributed by atoms with Gasteiger partial charge in [-0.3, -0.25) is 4.99 Å². The number of nitrogens with zero attached hydrogens (tertiary/aromatic N) is 1. The van der Waals surface area contributed by atoms with Crippen LogP contribution in [0.1, 0.15) is 5.56 Å². The molecule has 0 aliphatic carbocycles. The molecule has 1 aliphatic rings. The van der Waals surface area contributed by atoms with Gasteiger partial charge in [-0.1, -0.05) is 24.3 Å². The third-order valence-electron chi connectivity index (χ3n) is 2.69. The van der Waals surface area contributed by atoms with E-state index in [-0.39, 0.29) is 0 Å². The maximum atomic E-state index is 4.49. The molecule has 3 heteroatoms. The lowest BCUT2D eigenvalue weighted by Gasteiger charge is -2.08. The molecule has 2 aromatic rings. The molecule has 0 atom stereocenters. The van der Waals surface area contributed by atoms with E-state index in [2.05, 4.69) is 51.4 Å². The highest BCUT2D eigenvalue weighted by atomic mass is 32.1. The minimum absolute atomic E-state index is 0.882. The Bertz CT molecular complexity index is 514. The van der Waals surface area contributed by atoms with Crippen molar-refractivity contribution in [3.05, 3.63) is 46.7 Å². The van der Waals surface area contributed by atoms with Gasteiger partial charge in [0.15, 0.2) is 0 Å². The molecule has 3 rings (SSSR count). The van der Waals surface area contributed by atoms with Gasteiger partial charge >= 0.3 is 0 Å². The van der Waals surface area contributed by atoms with Crippen molar-refractivity contribution in [2.24, 2.45) is 4.99 Å².